The summed E-state index contributed by atoms with van der Waals surface area (Å²) in [6.07, 6.45) is 5.02. The van der Waals surface area contributed by atoms with Crippen molar-refractivity contribution in [2.75, 3.05) is 0 Å². The van der Waals surface area contributed by atoms with Crippen molar-refractivity contribution >= 4 is 0 Å². The SMILES string of the molecule is Cc1ccccc1[C@@]1(N)CCCCC1C. The maximum Gasteiger partial charge on any atom is 0.0438 e. The molecule has 0 saturated heterocycles. The molecule has 1 fully saturated rings. The van der Waals surface area contributed by atoms with Gasteiger partial charge in [0.05, 0.1) is 0 Å². The van der Waals surface area contributed by atoms with E-state index in [1.807, 2.05) is 0 Å². The number of aryl methyl sites for hydroxylation is 1. The molecule has 1 aliphatic rings. The summed E-state index contributed by atoms with van der Waals surface area (Å²) in [7, 11) is 0. The van der Waals surface area contributed by atoms with Gasteiger partial charge in [-0.25, -0.2) is 0 Å². The van der Waals surface area contributed by atoms with Gasteiger partial charge in [0, 0.05) is 5.54 Å². The lowest BCUT2D eigenvalue weighted by molar-refractivity contribution is 0.206. The topological polar surface area (TPSA) is 26.0 Å². The van der Waals surface area contributed by atoms with E-state index in [2.05, 4.69) is 38.1 Å². The lowest BCUT2D eigenvalue weighted by Crippen LogP contribution is -2.45. The normalized spacial score (nSPS) is 31.5. The van der Waals surface area contributed by atoms with Crippen molar-refractivity contribution in [3.05, 3.63) is 35.4 Å². The largest absolute Gasteiger partial charge is 0.321 e. The summed E-state index contributed by atoms with van der Waals surface area (Å²) in [4.78, 5) is 0. The van der Waals surface area contributed by atoms with Crippen molar-refractivity contribution in [1.82, 2.24) is 0 Å². The van der Waals surface area contributed by atoms with E-state index in [4.69, 9.17) is 5.73 Å². The van der Waals surface area contributed by atoms with Crippen molar-refractivity contribution < 1.29 is 0 Å². The van der Waals surface area contributed by atoms with Crippen LogP contribution in [0.1, 0.15) is 43.7 Å². The van der Waals surface area contributed by atoms with Gasteiger partial charge >= 0.3 is 0 Å². The fraction of sp³-hybridized carbons (Fsp3) is 0.571. The van der Waals surface area contributed by atoms with E-state index in [0.717, 1.165) is 6.42 Å². The van der Waals surface area contributed by atoms with E-state index in [1.165, 1.54) is 30.4 Å². The number of benzene rings is 1. The smallest absolute Gasteiger partial charge is 0.0438 e. The lowest BCUT2D eigenvalue weighted by atomic mass is 9.69. The molecule has 0 amide bonds. The van der Waals surface area contributed by atoms with E-state index in [0.29, 0.717) is 5.92 Å². The van der Waals surface area contributed by atoms with E-state index in [9.17, 15) is 0 Å². The van der Waals surface area contributed by atoms with Gasteiger partial charge in [-0.05, 0) is 36.8 Å². The molecule has 1 saturated carbocycles. The van der Waals surface area contributed by atoms with Crippen LogP contribution in [0.5, 0.6) is 0 Å². The molecule has 0 bridgehead atoms. The Balaban J connectivity index is 2.39. The van der Waals surface area contributed by atoms with E-state index in [1.54, 1.807) is 0 Å². The quantitative estimate of drug-likeness (QED) is 0.744. The first-order valence-corrected chi connectivity index (χ1v) is 5.99. The molecule has 1 unspecified atom stereocenters. The number of rotatable bonds is 1. The number of nitrogens with two attached hydrogens (primary N) is 1. The maximum absolute atomic E-state index is 6.62. The van der Waals surface area contributed by atoms with Crippen LogP contribution in [0, 0.1) is 12.8 Å². The Hall–Kier alpha value is -0.820. The minimum absolute atomic E-state index is 0.0798. The molecule has 2 rings (SSSR count). The average molecular weight is 203 g/mol. The summed E-state index contributed by atoms with van der Waals surface area (Å²) in [6.45, 7) is 4.47. The standard InChI is InChI=1S/C14H21N/c1-11-7-3-4-9-13(11)14(15)10-6-5-8-12(14)2/h3-4,7,9,12H,5-6,8,10,15H2,1-2H3/t12?,14-/m1/s1. The molecule has 0 aliphatic heterocycles. The number of hydrogen-bond donors (Lipinski definition) is 1. The Morgan fingerprint density at radius 3 is 2.67 bits per heavy atom. The van der Waals surface area contributed by atoms with Crippen molar-refractivity contribution in [1.29, 1.82) is 0 Å². The fourth-order valence-corrected chi connectivity index (χ4v) is 2.87. The van der Waals surface area contributed by atoms with E-state index in [-0.39, 0.29) is 5.54 Å². The van der Waals surface area contributed by atoms with Crippen molar-refractivity contribution in [3.8, 4) is 0 Å². The highest BCUT2D eigenvalue weighted by Crippen LogP contribution is 2.40. The van der Waals surface area contributed by atoms with Gasteiger partial charge in [-0.3, -0.25) is 0 Å². The average Bonchev–Trinajstić information content (AvgIpc) is 2.23. The van der Waals surface area contributed by atoms with Gasteiger partial charge in [0.1, 0.15) is 0 Å². The Bertz CT molecular complexity index is 345. The highest BCUT2D eigenvalue weighted by atomic mass is 14.8. The molecule has 82 valence electrons. The van der Waals surface area contributed by atoms with Crippen LogP contribution in [0.2, 0.25) is 0 Å². The molecule has 0 heterocycles. The van der Waals surface area contributed by atoms with Crippen LogP contribution in [-0.2, 0) is 5.54 Å². The zero-order valence-corrected chi connectivity index (χ0v) is 9.79. The predicted octanol–water partition coefficient (Wildman–Crippen LogP) is 3.36. The second-order valence-electron chi connectivity index (χ2n) is 5.00. The molecular formula is C14H21N. The Kier molecular flexibility index (Phi) is 2.83. The van der Waals surface area contributed by atoms with Crippen LogP contribution >= 0.6 is 0 Å². The van der Waals surface area contributed by atoms with Crippen LogP contribution < -0.4 is 5.73 Å². The molecular weight excluding hydrogens is 182 g/mol. The van der Waals surface area contributed by atoms with E-state index < -0.39 is 0 Å². The summed E-state index contributed by atoms with van der Waals surface area (Å²) < 4.78 is 0. The van der Waals surface area contributed by atoms with Gasteiger partial charge < -0.3 is 5.73 Å². The molecule has 1 aromatic carbocycles. The first-order valence-electron chi connectivity index (χ1n) is 5.99. The van der Waals surface area contributed by atoms with Crippen LogP contribution in [0.3, 0.4) is 0 Å². The predicted molar refractivity (Wildman–Crippen MR) is 64.7 cm³/mol. The second kappa shape index (κ2) is 3.97. The van der Waals surface area contributed by atoms with Gasteiger partial charge in [-0.1, -0.05) is 44.0 Å². The maximum atomic E-state index is 6.62. The minimum atomic E-state index is -0.0798. The molecule has 1 heteroatoms. The van der Waals surface area contributed by atoms with Crippen LogP contribution in [0.15, 0.2) is 24.3 Å². The summed E-state index contributed by atoms with van der Waals surface area (Å²) >= 11 is 0. The lowest BCUT2D eigenvalue weighted by Gasteiger charge is -2.41. The molecule has 1 aromatic rings. The molecule has 2 atom stereocenters. The molecule has 0 spiro atoms. The van der Waals surface area contributed by atoms with Gasteiger partial charge in [0.25, 0.3) is 0 Å². The first kappa shape index (κ1) is 10.7. The fourth-order valence-electron chi connectivity index (χ4n) is 2.87. The third-order valence-electron chi connectivity index (χ3n) is 4.00. The summed E-state index contributed by atoms with van der Waals surface area (Å²) in [5, 5.41) is 0. The molecule has 15 heavy (non-hydrogen) atoms. The second-order valence-corrected chi connectivity index (χ2v) is 5.00. The Labute approximate surface area is 92.7 Å². The molecule has 0 aromatic heterocycles. The zero-order valence-electron chi connectivity index (χ0n) is 9.79. The molecule has 2 N–H and O–H groups in total. The van der Waals surface area contributed by atoms with Crippen molar-refractivity contribution in [2.45, 2.75) is 45.1 Å². The summed E-state index contributed by atoms with van der Waals surface area (Å²) in [5.41, 5.74) is 9.24. The van der Waals surface area contributed by atoms with Crippen LogP contribution in [0.4, 0.5) is 0 Å². The first-order chi connectivity index (χ1) is 7.14. The van der Waals surface area contributed by atoms with E-state index >= 15 is 0 Å². The molecule has 1 aliphatic carbocycles. The van der Waals surface area contributed by atoms with Gasteiger partial charge in [0.15, 0.2) is 0 Å². The van der Waals surface area contributed by atoms with Gasteiger partial charge in [-0.2, -0.15) is 0 Å². The summed E-state index contributed by atoms with van der Waals surface area (Å²) in [5.74, 6) is 0.604. The third-order valence-corrected chi connectivity index (χ3v) is 4.00. The van der Waals surface area contributed by atoms with Gasteiger partial charge in [0.2, 0.25) is 0 Å². The molecule has 1 nitrogen and oxygen atoms in total. The Morgan fingerprint density at radius 2 is 2.00 bits per heavy atom. The monoisotopic (exact) mass is 203 g/mol. The van der Waals surface area contributed by atoms with Gasteiger partial charge in [-0.15, -0.1) is 0 Å². The summed E-state index contributed by atoms with van der Waals surface area (Å²) in [6, 6.07) is 8.58. The molecule has 0 radical (unpaired) electrons. The Morgan fingerprint density at radius 1 is 1.27 bits per heavy atom. The highest BCUT2D eigenvalue weighted by Gasteiger charge is 2.36. The highest BCUT2D eigenvalue weighted by molar-refractivity contribution is 5.33. The van der Waals surface area contributed by atoms with Crippen molar-refractivity contribution in [3.63, 3.8) is 0 Å². The van der Waals surface area contributed by atoms with Crippen LogP contribution in [-0.4, -0.2) is 0 Å². The minimum Gasteiger partial charge on any atom is -0.321 e. The third kappa shape index (κ3) is 1.81. The van der Waals surface area contributed by atoms with Crippen molar-refractivity contribution in [2.24, 2.45) is 11.7 Å². The number of hydrogen-bond acceptors (Lipinski definition) is 1. The zero-order chi connectivity index (χ0) is 10.9. The van der Waals surface area contributed by atoms with Crippen LogP contribution in [0.25, 0.3) is 0 Å².